The molecule has 0 aromatic carbocycles. The van der Waals surface area contributed by atoms with Gasteiger partial charge in [-0.2, -0.15) is 0 Å². The molecule has 2 aliphatic heterocycles. The molecule has 0 amide bonds. The molecule has 0 bridgehead atoms. The van der Waals surface area contributed by atoms with Gasteiger partial charge in [-0.05, 0) is 26.3 Å². The lowest BCUT2D eigenvalue weighted by Crippen LogP contribution is -2.52. The molecule has 2 heterocycles. The maximum absolute atomic E-state index is 11.9. The summed E-state index contributed by atoms with van der Waals surface area (Å²) in [6.07, 6.45) is 1.78. The molecule has 0 unspecified atom stereocenters. The van der Waals surface area contributed by atoms with E-state index in [1.807, 2.05) is 6.92 Å². The fraction of sp³-hybridized carbons (Fsp3) is 0.900. The predicted octanol–water partition coefficient (Wildman–Crippen LogP) is 0.318. The summed E-state index contributed by atoms with van der Waals surface area (Å²) in [6.45, 7) is 4.62. The lowest BCUT2D eigenvalue weighted by Gasteiger charge is -2.35. The quantitative estimate of drug-likeness (QED) is 0.651. The molecule has 0 aromatic heterocycles. The summed E-state index contributed by atoms with van der Waals surface area (Å²) < 4.78 is 10.7. The lowest BCUT2D eigenvalue weighted by molar-refractivity contribution is -0.160. The molecule has 0 aliphatic carbocycles. The molecule has 2 rings (SSSR count). The van der Waals surface area contributed by atoms with Crippen LogP contribution in [0.25, 0.3) is 0 Å². The van der Waals surface area contributed by atoms with Crippen LogP contribution >= 0.6 is 0 Å². The summed E-state index contributed by atoms with van der Waals surface area (Å²) in [5.74, 6) is -0.0882. The summed E-state index contributed by atoms with van der Waals surface area (Å²) in [6, 6.07) is 0. The molecule has 80 valence electrons. The number of nitrogens with one attached hydrogen (secondary N) is 1. The van der Waals surface area contributed by atoms with Crippen molar-refractivity contribution >= 4 is 5.97 Å². The highest BCUT2D eigenvalue weighted by molar-refractivity contribution is 5.78. The molecule has 2 atom stereocenters. The Morgan fingerprint density at radius 2 is 2.57 bits per heavy atom. The first-order chi connectivity index (χ1) is 6.79. The summed E-state index contributed by atoms with van der Waals surface area (Å²) >= 11 is 0. The average Bonchev–Trinajstić information content (AvgIpc) is 2.62. The van der Waals surface area contributed by atoms with Crippen molar-refractivity contribution in [3.8, 4) is 0 Å². The first kappa shape index (κ1) is 9.93. The Morgan fingerprint density at radius 3 is 3.36 bits per heavy atom. The van der Waals surface area contributed by atoms with Crippen molar-refractivity contribution in [2.24, 2.45) is 5.41 Å². The van der Waals surface area contributed by atoms with Crippen LogP contribution in [-0.2, 0) is 14.3 Å². The molecule has 2 saturated heterocycles. The summed E-state index contributed by atoms with van der Waals surface area (Å²) in [4.78, 5) is 11.9. The molecule has 1 N–H and O–H groups in total. The van der Waals surface area contributed by atoms with Crippen molar-refractivity contribution in [1.82, 2.24) is 5.32 Å². The van der Waals surface area contributed by atoms with Gasteiger partial charge in [0.15, 0.2) is 0 Å². The van der Waals surface area contributed by atoms with Crippen molar-refractivity contribution < 1.29 is 14.3 Å². The second-order valence-corrected chi connectivity index (χ2v) is 3.95. The first-order valence-corrected chi connectivity index (χ1v) is 5.29. The van der Waals surface area contributed by atoms with Crippen LogP contribution in [0.3, 0.4) is 0 Å². The van der Waals surface area contributed by atoms with Gasteiger partial charge in [0.2, 0.25) is 0 Å². The number of carbonyl (C=O) groups is 1. The minimum absolute atomic E-state index is 0.0720. The van der Waals surface area contributed by atoms with Crippen LogP contribution in [0, 0.1) is 5.41 Å². The van der Waals surface area contributed by atoms with E-state index in [9.17, 15) is 4.79 Å². The molecule has 0 saturated carbocycles. The number of fused-ring (bicyclic) bond motifs is 1. The predicted molar refractivity (Wildman–Crippen MR) is 50.9 cm³/mol. The molecule has 4 heteroatoms. The number of hydrogen-bond acceptors (Lipinski definition) is 4. The fourth-order valence-corrected chi connectivity index (χ4v) is 2.39. The van der Waals surface area contributed by atoms with Gasteiger partial charge in [-0.3, -0.25) is 4.79 Å². The van der Waals surface area contributed by atoms with Crippen molar-refractivity contribution in [2.75, 3.05) is 26.3 Å². The molecule has 14 heavy (non-hydrogen) atoms. The first-order valence-electron chi connectivity index (χ1n) is 5.29. The van der Waals surface area contributed by atoms with Crippen LogP contribution in [0.2, 0.25) is 0 Å². The molecule has 0 aromatic rings. The van der Waals surface area contributed by atoms with Crippen molar-refractivity contribution in [3.63, 3.8) is 0 Å². The summed E-state index contributed by atoms with van der Waals surface area (Å²) in [5.41, 5.74) is -0.395. The largest absolute Gasteiger partial charge is 0.465 e. The minimum atomic E-state index is -0.395. The van der Waals surface area contributed by atoms with E-state index < -0.39 is 5.41 Å². The molecule has 2 aliphatic rings. The lowest BCUT2D eigenvalue weighted by atomic mass is 9.77. The van der Waals surface area contributed by atoms with E-state index in [2.05, 4.69) is 5.32 Å². The maximum atomic E-state index is 11.9. The third-order valence-corrected chi connectivity index (χ3v) is 3.19. The van der Waals surface area contributed by atoms with E-state index >= 15 is 0 Å². The van der Waals surface area contributed by atoms with Crippen LogP contribution in [-0.4, -0.2) is 38.4 Å². The molecular weight excluding hydrogens is 182 g/mol. The standard InChI is InChI=1S/C10H17NO3/c1-2-13-9(12)10-4-6-14-8(10)3-5-11-7-10/h8,11H,2-7H2,1H3/t8-,10-/m0/s1. The Bertz CT molecular complexity index is 231. The van der Waals surface area contributed by atoms with Crippen molar-refractivity contribution in [1.29, 1.82) is 0 Å². The van der Waals surface area contributed by atoms with Gasteiger partial charge in [0.25, 0.3) is 0 Å². The van der Waals surface area contributed by atoms with Gasteiger partial charge in [-0.1, -0.05) is 0 Å². The smallest absolute Gasteiger partial charge is 0.316 e. The van der Waals surface area contributed by atoms with E-state index in [0.29, 0.717) is 19.8 Å². The van der Waals surface area contributed by atoms with E-state index in [-0.39, 0.29) is 12.1 Å². The zero-order valence-corrected chi connectivity index (χ0v) is 8.54. The average molecular weight is 199 g/mol. The number of ether oxygens (including phenoxy) is 2. The highest BCUT2D eigenvalue weighted by Gasteiger charge is 2.52. The topological polar surface area (TPSA) is 47.6 Å². The minimum Gasteiger partial charge on any atom is -0.465 e. The van der Waals surface area contributed by atoms with Crippen LogP contribution in [0.5, 0.6) is 0 Å². The normalized spacial score (nSPS) is 36.5. The van der Waals surface area contributed by atoms with Crippen molar-refractivity contribution in [2.45, 2.75) is 25.9 Å². The molecular formula is C10H17NO3. The number of rotatable bonds is 2. The molecule has 4 nitrogen and oxygen atoms in total. The van der Waals surface area contributed by atoms with Gasteiger partial charge in [0.1, 0.15) is 5.41 Å². The molecule has 2 fully saturated rings. The molecule has 0 radical (unpaired) electrons. The van der Waals surface area contributed by atoms with Gasteiger partial charge >= 0.3 is 5.97 Å². The Morgan fingerprint density at radius 1 is 1.71 bits per heavy atom. The highest BCUT2D eigenvalue weighted by atomic mass is 16.5. The Labute approximate surface area is 84.0 Å². The molecule has 0 spiro atoms. The second kappa shape index (κ2) is 3.87. The van der Waals surface area contributed by atoms with Gasteiger partial charge in [0.05, 0.1) is 12.7 Å². The monoisotopic (exact) mass is 199 g/mol. The van der Waals surface area contributed by atoms with Crippen LogP contribution in [0.4, 0.5) is 0 Å². The Balaban J connectivity index is 2.13. The van der Waals surface area contributed by atoms with E-state index in [0.717, 1.165) is 19.4 Å². The van der Waals surface area contributed by atoms with Gasteiger partial charge in [-0.25, -0.2) is 0 Å². The van der Waals surface area contributed by atoms with Crippen molar-refractivity contribution in [3.05, 3.63) is 0 Å². The zero-order valence-electron chi connectivity index (χ0n) is 8.54. The van der Waals surface area contributed by atoms with Crippen LogP contribution in [0.15, 0.2) is 0 Å². The number of piperidine rings is 1. The van der Waals surface area contributed by atoms with E-state index in [4.69, 9.17) is 9.47 Å². The zero-order chi connectivity index (χ0) is 10.0. The van der Waals surface area contributed by atoms with E-state index in [1.165, 1.54) is 0 Å². The fourth-order valence-electron chi connectivity index (χ4n) is 2.39. The van der Waals surface area contributed by atoms with Gasteiger partial charge in [0, 0.05) is 13.2 Å². The third-order valence-electron chi connectivity index (χ3n) is 3.19. The number of carbonyl (C=O) groups excluding carboxylic acids is 1. The number of hydrogen-bond donors (Lipinski definition) is 1. The van der Waals surface area contributed by atoms with Crippen LogP contribution < -0.4 is 5.32 Å². The number of esters is 1. The maximum Gasteiger partial charge on any atom is 0.316 e. The van der Waals surface area contributed by atoms with Crippen LogP contribution in [0.1, 0.15) is 19.8 Å². The van der Waals surface area contributed by atoms with Gasteiger partial charge < -0.3 is 14.8 Å². The third kappa shape index (κ3) is 1.42. The van der Waals surface area contributed by atoms with E-state index in [1.54, 1.807) is 0 Å². The highest BCUT2D eigenvalue weighted by Crippen LogP contribution is 2.39. The summed E-state index contributed by atoms with van der Waals surface area (Å²) in [7, 11) is 0. The Hall–Kier alpha value is -0.610. The Kier molecular flexibility index (Phi) is 2.74. The SMILES string of the molecule is CCOC(=O)[C@]12CCO[C@H]1CCNC2. The summed E-state index contributed by atoms with van der Waals surface area (Å²) in [5, 5.41) is 3.26. The second-order valence-electron chi connectivity index (χ2n) is 3.95. The van der Waals surface area contributed by atoms with Gasteiger partial charge in [-0.15, -0.1) is 0 Å².